The van der Waals surface area contributed by atoms with E-state index < -0.39 is 0 Å². The third kappa shape index (κ3) is 5.28. The highest BCUT2D eigenvalue weighted by molar-refractivity contribution is 6.30. The Morgan fingerprint density at radius 1 is 1.19 bits per heavy atom. The summed E-state index contributed by atoms with van der Waals surface area (Å²) in [6.45, 7) is 6.84. The summed E-state index contributed by atoms with van der Waals surface area (Å²) in [4.78, 5) is 2.67. The van der Waals surface area contributed by atoms with Crippen molar-refractivity contribution in [1.82, 2.24) is 4.90 Å². The lowest BCUT2D eigenvalue weighted by molar-refractivity contribution is 0.122. The molecule has 1 aromatic rings. The van der Waals surface area contributed by atoms with Crippen molar-refractivity contribution in [2.75, 3.05) is 6.54 Å². The molecule has 0 radical (unpaired) electrons. The van der Waals surface area contributed by atoms with E-state index >= 15 is 0 Å². The predicted octanol–water partition coefficient (Wildman–Crippen LogP) is 4.46. The van der Waals surface area contributed by atoms with Crippen LogP contribution in [-0.4, -0.2) is 23.5 Å². The van der Waals surface area contributed by atoms with Gasteiger partial charge in [-0.25, -0.2) is 0 Å². The maximum atomic E-state index is 6.06. The van der Waals surface area contributed by atoms with Crippen molar-refractivity contribution in [3.05, 3.63) is 34.9 Å². The van der Waals surface area contributed by atoms with Crippen molar-refractivity contribution in [3.8, 4) is 0 Å². The summed E-state index contributed by atoms with van der Waals surface area (Å²) in [6.07, 6.45) is 6.06. The van der Waals surface area contributed by atoms with E-state index in [1.54, 1.807) is 0 Å². The minimum atomic E-state index is 0.419. The fourth-order valence-corrected chi connectivity index (χ4v) is 3.29. The zero-order chi connectivity index (χ0) is 15.2. The molecule has 3 heteroatoms. The highest BCUT2D eigenvalue weighted by atomic mass is 35.5. The van der Waals surface area contributed by atoms with Crippen LogP contribution in [0.4, 0.5) is 0 Å². The topological polar surface area (TPSA) is 29.3 Å². The van der Waals surface area contributed by atoms with Gasteiger partial charge in [-0.15, -0.1) is 0 Å². The zero-order valence-electron chi connectivity index (χ0n) is 13.4. The van der Waals surface area contributed by atoms with Crippen molar-refractivity contribution in [2.45, 2.75) is 64.6 Å². The maximum absolute atomic E-state index is 6.06. The van der Waals surface area contributed by atoms with Crippen molar-refractivity contribution in [3.63, 3.8) is 0 Å². The van der Waals surface area contributed by atoms with Gasteiger partial charge in [-0.3, -0.25) is 4.90 Å². The normalized spacial score (nSPS) is 24.2. The van der Waals surface area contributed by atoms with Crippen molar-refractivity contribution in [1.29, 1.82) is 0 Å². The van der Waals surface area contributed by atoms with Crippen LogP contribution in [0.25, 0.3) is 0 Å². The highest BCUT2D eigenvalue weighted by Crippen LogP contribution is 2.25. The van der Waals surface area contributed by atoms with E-state index in [-0.39, 0.29) is 0 Å². The number of hydrogen-bond donors (Lipinski definition) is 1. The second-order valence-electron chi connectivity index (χ2n) is 6.64. The highest BCUT2D eigenvalue weighted by Gasteiger charge is 2.25. The monoisotopic (exact) mass is 308 g/mol. The molecule has 1 aliphatic carbocycles. The Bertz CT molecular complexity index is 410. The summed E-state index contributed by atoms with van der Waals surface area (Å²) >= 11 is 5.99. The van der Waals surface area contributed by atoms with E-state index in [9.17, 15) is 0 Å². The Morgan fingerprint density at radius 2 is 1.81 bits per heavy atom. The average molecular weight is 309 g/mol. The minimum absolute atomic E-state index is 0.419. The number of nitrogens with zero attached hydrogens (tertiary/aromatic N) is 1. The van der Waals surface area contributed by atoms with Gasteiger partial charge in [0.15, 0.2) is 0 Å². The molecule has 1 fully saturated rings. The molecule has 1 aliphatic rings. The van der Waals surface area contributed by atoms with Gasteiger partial charge in [0.1, 0.15) is 0 Å². The van der Waals surface area contributed by atoms with Crippen LogP contribution in [0.2, 0.25) is 5.02 Å². The van der Waals surface area contributed by atoms with Gasteiger partial charge in [0.2, 0.25) is 0 Å². The number of benzene rings is 1. The molecule has 2 N–H and O–H groups in total. The summed E-state index contributed by atoms with van der Waals surface area (Å²) in [7, 11) is 0. The number of hydrogen-bond acceptors (Lipinski definition) is 2. The van der Waals surface area contributed by atoms with Crippen LogP contribution in [0, 0.1) is 5.92 Å². The molecule has 1 unspecified atom stereocenters. The van der Waals surface area contributed by atoms with E-state index in [1.807, 2.05) is 12.1 Å². The molecule has 2 nitrogen and oxygen atoms in total. The van der Waals surface area contributed by atoms with Gasteiger partial charge in [0.25, 0.3) is 0 Å². The molecule has 1 saturated carbocycles. The van der Waals surface area contributed by atoms with Crippen molar-refractivity contribution >= 4 is 11.6 Å². The summed E-state index contributed by atoms with van der Waals surface area (Å²) in [6, 6.07) is 9.40. The quantitative estimate of drug-likeness (QED) is 0.841. The van der Waals surface area contributed by atoms with Crippen molar-refractivity contribution < 1.29 is 0 Å². The molecule has 0 spiro atoms. The minimum Gasteiger partial charge on any atom is -0.328 e. The average Bonchev–Trinajstić information content (AvgIpc) is 2.49. The molecule has 0 heterocycles. The molecule has 118 valence electrons. The lowest BCUT2D eigenvalue weighted by Gasteiger charge is -2.37. The van der Waals surface area contributed by atoms with Crippen LogP contribution in [0.5, 0.6) is 0 Å². The van der Waals surface area contributed by atoms with Gasteiger partial charge in [0, 0.05) is 30.2 Å². The van der Waals surface area contributed by atoms with E-state index in [0.717, 1.165) is 17.5 Å². The first-order valence-electron chi connectivity index (χ1n) is 8.32. The summed E-state index contributed by atoms with van der Waals surface area (Å²) in [5.74, 6) is 0.743. The molecule has 0 aliphatic heterocycles. The zero-order valence-corrected chi connectivity index (χ0v) is 14.1. The Morgan fingerprint density at radius 3 is 2.38 bits per heavy atom. The number of rotatable bonds is 6. The van der Waals surface area contributed by atoms with Crippen molar-refractivity contribution in [2.24, 2.45) is 11.7 Å². The second kappa shape index (κ2) is 8.17. The first-order valence-corrected chi connectivity index (χ1v) is 8.70. The van der Waals surface area contributed by atoms with Crippen LogP contribution in [0.3, 0.4) is 0 Å². The van der Waals surface area contributed by atoms with Gasteiger partial charge in [0.05, 0.1) is 0 Å². The van der Waals surface area contributed by atoms with Crippen LogP contribution in [-0.2, 0) is 6.54 Å². The third-order valence-corrected chi connectivity index (χ3v) is 5.05. The van der Waals surface area contributed by atoms with Gasteiger partial charge in [-0.2, -0.15) is 0 Å². The Hall–Kier alpha value is -0.570. The molecule has 0 aromatic heterocycles. The summed E-state index contributed by atoms with van der Waals surface area (Å²) in [5.41, 5.74) is 7.42. The first-order chi connectivity index (χ1) is 10.1. The summed E-state index contributed by atoms with van der Waals surface area (Å²) < 4.78 is 0. The SMILES string of the molecule is CCC(C)CN(Cc1ccc(Cl)cc1)C1CCC(N)CC1. The second-order valence-corrected chi connectivity index (χ2v) is 7.07. The number of nitrogens with two attached hydrogens (primary N) is 1. The van der Waals surface area contributed by atoms with Gasteiger partial charge in [-0.05, 0) is 49.3 Å². The molecule has 21 heavy (non-hydrogen) atoms. The van der Waals surface area contributed by atoms with E-state index in [1.165, 1.54) is 44.2 Å². The van der Waals surface area contributed by atoms with Gasteiger partial charge in [-0.1, -0.05) is 44.0 Å². The Labute approximate surface area is 134 Å². The Balaban J connectivity index is 2.02. The lowest BCUT2D eigenvalue weighted by atomic mass is 9.90. The van der Waals surface area contributed by atoms with Crippen LogP contribution >= 0.6 is 11.6 Å². The molecule has 1 atom stereocenters. The largest absolute Gasteiger partial charge is 0.328 e. The maximum Gasteiger partial charge on any atom is 0.0406 e. The first kappa shape index (κ1) is 16.8. The van der Waals surface area contributed by atoms with Crippen LogP contribution in [0.1, 0.15) is 51.5 Å². The molecular weight excluding hydrogens is 280 g/mol. The molecule has 0 amide bonds. The van der Waals surface area contributed by atoms with Gasteiger partial charge >= 0.3 is 0 Å². The molecule has 1 aromatic carbocycles. The molecule has 2 rings (SSSR count). The fourth-order valence-electron chi connectivity index (χ4n) is 3.16. The number of halogens is 1. The Kier molecular flexibility index (Phi) is 6.53. The van der Waals surface area contributed by atoms with E-state index in [2.05, 4.69) is 30.9 Å². The standard InChI is InChI=1S/C18H29ClN2/c1-3-14(2)12-21(18-10-8-17(20)9-11-18)13-15-4-6-16(19)7-5-15/h4-7,14,17-18H,3,8-13,20H2,1-2H3. The smallest absolute Gasteiger partial charge is 0.0406 e. The summed E-state index contributed by atoms with van der Waals surface area (Å²) in [5, 5.41) is 0.816. The van der Waals surface area contributed by atoms with E-state index in [0.29, 0.717) is 12.1 Å². The lowest BCUT2D eigenvalue weighted by Crippen LogP contribution is -2.42. The fraction of sp³-hybridized carbons (Fsp3) is 0.667. The molecule has 0 bridgehead atoms. The van der Waals surface area contributed by atoms with Gasteiger partial charge < -0.3 is 5.73 Å². The van der Waals surface area contributed by atoms with Crippen LogP contribution in [0.15, 0.2) is 24.3 Å². The molecule has 0 saturated heterocycles. The van der Waals surface area contributed by atoms with E-state index in [4.69, 9.17) is 17.3 Å². The predicted molar refractivity (Wildman–Crippen MR) is 91.5 cm³/mol. The third-order valence-electron chi connectivity index (χ3n) is 4.80. The van der Waals surface area contributed by atoms with Crippen LogP contribution < -0.4 is 5.73 Å². The molecular formula is C18H29ClN2.